The van der Waals surface area contributed by atoms with E-state index in [4.69, 9.17) is 15.0 Å². The number of aromatic nitrogens is 4. The van der Waals surface area contributed by atoms with Crippen LogP contribution in [0.4, 0.5) is 22.0 Å². The normalized spacial score (nSPS) is 11.2. The molecule has 0 atom stereocenters. The van der Waals surface area contributed by atoms with Crippen LogP contribution >= 0.6 is 0 Å². The molecule has 0 saturated carbocycles. The Morgan fingerprint density at radius 1 is 1.20 bits per heavy atom. The maximum Gasteiger partial charge on any atom is 0.412 e. The van der Waals surface area contributed by atoms with E-state index < -0.39 is 22.0 Å². The van der Waals surface area contributed by atoms with Crippen molar-refractivity contribution in [3.05, 3.63) is 35.9 Å². The molecule has 2 aromatic heterocycles. The second-order valence-corrected chi connectivity index (χ2v) is 9.10. The molecule has 0 aliphatic carbocycles. The monoisotopic (exact) mass is 506 g/mol. The summed E-state index contributed by atoms with van der Waals surface area (Å²) in [5.74, 6) is -0.388. The minimum absolute atomic E-state index is 0.00252. The van der Waals surface area contributed by atoms with E-state index in [-0.39, 0.29) is 41.2 Å². The highest BCUT2D eigenvalue weighted by molar-refractivity contribution is 7.88. The Hall–Kier alpha value is -4.31. The van der Waals surface area contributed by atoms with E-state index in [2.05, 4.69) is 35.7 Å². The van der Waals surface area contributed by atoms with Gasteiger partial charge in [0.25, 0.3) is 5.91 Å². The molecule has 3 aromatic rings. The standard InChI is InChI=1S/C19H22N8O7S/c1-27(35(4,30)31)9-14-23-18(26-34-14)10-6-5-7-11(16(10)32-2)21-12-8-13(22-19(29)33-3)24-25-15(12)17(20)28/h5-8H,9H2,1-4H3,(H2,20,28)(H2,21,22,24,29). The topological polar surface area (TPSA) is 205 Å². The summed E-state index contributed by atoms with van der Waals surface area (Å²) in [7, 11) is 0.523. The maximum atomic E-state index is 11.9. The number of nitrogens with zero attached hydrogens (tertiary/aromatic N) is 5. The molecule has 0 aliphatic heterocycles. The van der Waals surface area contributed by atoms with Gasteiger partial charge in [-0.25, -0.2) is 13.2 Å². The van der Waals surface area contributed by atoms with Crippen LogP contribution in [0.5, 0.6) is 5.75 Å². The van der Waals surface area contributed by atoms with Gasteiger partial charge in [0.1, 0.15) is 0 Å². The lowest BCUT2D eigenvalue weighted by Crippen LogP contribution is -2.25. The van der Waals surface area contributed by atoms with Crippen molar-refractivity contribution in [3.63, 3.8) is 0 Å². The second kappa shape index (κ2) is 10.3. The summed E-state index contributed by atoms with van der Waals surface area (Å²) >= 11 is 0. The van der Waals surface area contributed by atoms with Crippen LogP contribution in [0.15, 0.2) is 28.8 Å². The Balaban J connectivity index is 1.97. The number of methoxy groups -OCH3 is 2. The van der Waals surface area contributed by atoms with Crippen molar-refractivity contribution >= 4 is 39.2 Å². The van der Waals surface area contributed by atoms with Crippen LogP contribution in [0, 0.1) is 0 Å². The van der Waals surface area contributed by atoms with Gasteiger partial charge in [0.05, 0.1) is 44.0 Å². The lowest BCUT2D eigenvalue weighted by molar-refractivity contribution is 0.0995. The molecule has 16 heteroatoms. The Morgan fingerprint density at radius 3 is 2.57 bits per heavy atom. The predicted octanol–water partition coefficient (Wildman–Crippen LogP) is 0.947. The molecule has 35 heavy (non-hydrogen) atoms. The highest BCUT2D eigenvalue weighted by Gasteiger charge is 2.21. The number of nitrogens with two attached hydrogens (primary N) is 1. The van der Waals surface area contributed by atoms with Crippen molar-refractivity contribution in [2.75, 3.05) is 38.2 Å². The Morgan fingerprint density at radius 2 is 1.94 bits per heavy atom. The van der Waals surface area contributed by atoms with E-state index in [0.717, 1.165) is 10.6 Å². The molecule has 15 nitrogen and oxygen atoms in total. The molecule has 0 unspecified atom stereocenters. The third kappa shape index (κ3) is 5.98. The largest absolute Gasteiger partial charge is 0.494 e. The van der Waals surface area contributed by atoms with Crippen molar-refractivity contribution in [1.82, 2.24) is 24.6 Å². The molecule has 0 saturated heterocycles. The van der Waals surface area contributed by atoms with Crippen molar-refractivity contribution in [2.45, 2.75) is 6.54 Å². The van der Waals surface area contributed by atoms with Gasteiger partial charge in [-0.3, -0.25) is 10.1 Å². The molecule has 0 fully saturated rings. The van der Waals surface area contributed by atoms with Crippen molar-refractivity contribution in [1.29, 1.82) is 0 Å². The van der Waals surface area contributed by atoms with E-state index in [1.165, 1.54) is 27.3 Å². The first-order valence-electron chi connectivity index (χ1n) is 9.74. The average Bonchev–Trinajstić information content (AvgIpc) is 3.26. The number of rotatable bonds is 9. The van der Waals surface area contributed by atoms with Gasteiger partial charge in [0.15, 0.2) is 17.3 Å². The van der Waals surface area contributed by atoms with E-state index in [1.807, 2.05) is 0 Å². The second-order valence-electron chi connectivity index (χ2n) is 7.01. The molecule has 2 amide bonds. The van der Waals surface area contributed by atoms with E-state index >= 15 is 0 Å². The number of amides is 2. The lowest BCUT2D eigenvalue weighted by Gasteiger charge is -2.15. The van der Waals surface area contributed by atoms with Gasteiger partial charge in [-0.2, -0.15) is 9.29 Å². The van der Waals surface area contributed by atoms with Gasteiger partial charge in [-0.1, -0.05) is 11.2 Å². The highest BCUT2D eigenvalue weighted by atomic mass is 32.2. The summed E-state index contributed by atoms with van der Waals surface area (Å²) in [6, 6.07) is 6.29. The van der Waals surface area contributed by atoms with Gasteiger partial charge >= 0.3 is 6.09 Å². The molecule has 3 rings (SSSR count). The number of benzene rings is 1. The number of hydrogen-bond acceptors (Lipinski definition) is 12. The first kappa shape index (κ1) is 25.3. The van der Waals surface area contributed by atoms with Crippen LogP contribution in [-0.2, 0) is 21.3 Å². The lowest BCUT2D eigenvalue weighted by atomic mass is 10.1. The number of nitrogens with one attached hydrogen (secondary N) is 2. The average molecular weight is 507 g/mol. The number of para-hydroxylation sites is 1. The van der Waals surface area contributed by atoms with Gasteiger partial charge in [0, 0.05) is 13.1 Å². The molecule has 0 bridgehead atoms. The number of anilines is 3. The molecular weight excluding hydrogens is 484 g/mol. The molecular formula is C19H22N8O7S. The first-order chi connectivity index (χ1) is 16.5. The fraction of sp³-hybridized carbons (Fsp3) is 0.263. The number of hydrogen-bond donors (Lipinski definition) is 3. The quantitative estimate of drug-likeness (QED) is 0.371. The van der Waals surface area contributed by atoms with Crippen LogP contribution in [0.3, 0.4) is 0 Å². The predicted molar refractivity (Wildman–Crippen MR) is 122 cm³/mol. The van der Waals surface area contributed by atoms with Crippen LogP contribution in [0.25, 0.3) is 11.4 Å². The summed E-state index contributed by atoms with van der Waals surface area (Å²) in [6.45, 7) is -0.118. The van der Waals surface area contributed by atoms with Crippen molar-refractivity contribution in [2.24, 2.45) is 5.73 Å². The Bertz CT molecular complexity index is 1360. The van der Waals surface area contributed by atoms with Gasteiger partial charge in [-0.15, -0.1) is 10.2 Å². The van der Waals surface area contributed by atoms with E-state index in [0.29, 0.717) is 11.3 Å². The fourth-order valence-corrected chi connectivity index (χ4v) is 3.14. The van der Waals surface area contributed by atoms with Crippen molar-refractivity contribution < 1.29 is 32.0 Å². The van der Waals surface area contributed by atoms with Crippen molar-refractivity contribution in [3.8, 4) is 17.1 Å². The summed E-state index contributed by atoms with van der Waals surface area (Å²) in [5, 5.41) is 16.7. The maximum absolute atomic E-state index is 11.9. The smallest absolute Gasteiger partial charge is 0.412 e. The molecule has 0 radical (unpaired) electrons. The molecule has 2 heterocycles. The van der Waals surface area contributed by atoms with E-state index in [1.54, 1.807) is 18.2 Å². The Kier molecular flexibility index (Phi) is 7.46. The van der Waals surface area contributed by atoms with Crippen LogP contribution in [0.2, 0.25) is 0 Å². The number of carbonyl (C=O) groups excluding carboxylic acids is 2. The highest BCUT2D eigenvalue weighted by Crippen LogP contribution is 2.37. The summed E-state index contributed by atoms with van der Waals surface area (Å²) < 4.78 is 39.6. The Labute approximate surface area is 199 Å². The molecule has 0 spiro atoms. The summed E-state index contributed by atoms with van der Waals surface area (Å²) in [5.41, 5.74) is 6.11. The molecule has 0 aliphatic rings. The first-order valence-corrected chi connectivity index (χ1v) is 11.6. The fourth-order valence-electron chi connectivity index (χ4n) is 2.80. The number of sulfonamides is 1. The zero-order chi connectivity index (χ0) is 25.8. The van der Waals surface area contributed by atoms with E-state index in [9.17, 15) is 18.0 Å². The molecule has 4 N–H and O–H groups in total. The number of primary amides is 1. The third-order valence-electron chi connectivity index (χ3n) is 4.56. The number of carbonyl (C=O) groups is 2. The molecule has 1 aromatic carbocycles. The van der Waals surface area contributed by atoms with Gasteiger partial charge < -0.3 is 25.0 Å². The van der Waals surface area contributed by atoms with Gasteiger partial charge in [-0.05, 0) is 12.1 Å². The van der Waals surface area contributed by atoms with Crippen LogP contribution in [-0.4, -0.2) is 72.6 Å². The zero-order valence-corrected chi connectivity index (χ0v) is 19.9. The minimum atomic E-state index is -3.45. The number of ether oxygens (including phenoxy) is 2. The van der Waals surface area contributed by atoms with Crippen LogP contribution < -0.4 is 21.1 Å². The summed E-state index contributed by atoms with van der Waals surface area (Å²) in [6.07, 6.45) is 0.272. The zero-order valence-electron chi connectivity index (χ0n) is 19.1. The summed E-state index contributed by atoms with van der Waals surface area (Å²) in [4.78, 5) is 27.6. The molecule has 186 valence electrons. The minimum Gasteiger partial charge on any atom is -0.494 e. The van der Waals surface area contributed by atoms with Crippen LogP contribution in [0.1, 0.15) is 16.4 Å². The van der Waals surface area contributed by atoms with Gasteiger partial charge in [0.2, 0.25) is 21.7 Å². The third-order valence-corrected chi connectivity index (χ3v) is 5.83. The SMILES string of the molecule is COC(=O)Nc1cc(Nc2cccc(-c3noc(CN(C)S(C)(=O)=O)n3)c2OC)c(C(N)=O)nn1.